The predicted molar refractivity (Wildman–Crippen MR) is 105 cm³/mol. The van der Waals surface area contributed by atoms with Crippen molar-refractivity contribution in [2.45, 2.75) is 44.6 Å². The van der Waals surface area contributed by atoms with Crippen LogP contribution in [-0.2, 0) is 11.2 Å². The second-order valence-corrected chi connectivity index (χ2v) is 7.23. The van der Waals surface area contributed by atoms with Crippen molar-refractivity contribution in [1.29, 1.82) is 0 Å². The fraction of sp³-hybridized carbons (Fsp3) is 0.650. The van der Waals surface area contributed by atoms with Crippen LogP contribution in [0.1, 0.15) is 37.7 Å². The van der Waals surface area contributed by atoms with Crippen LogP contribution in [0.2, 0.25) is 0 Å². The number of hydrogen-bond acceptors (Lipinski definition) is 3. The fourth-order valence-corrected chi connectivity index (χ4v) is 4.02. The molecule has 1 aliphatic heterocycles. The van der Waals surface area contributed by atoms with Crippen molar-refractivity contribution in [3.8, 4) is 0 Å². The van der Waals surface area contributed by atoms with Crippen LogP contribution in [0.3, 0.4) is 0 Å². The van der Waals surface area contributed by atoms with E-state index < -0.39 is 0 Å². The molecule has 1 heterocycles. The third-order valence-electron chi connectivity index (χ3n) is 5.50. The lowest BCUT2D eigenvalue weighted by atomic mass is 10.1. The van der Waals surface area contributed by atoms with Crippen LogP contribution in [0.15, 0.2) is 24.3 Å². The van der Waals surface area contributed by atoms with Gasteiger partial charge < -0.3 is 10.2 Å². The lowest BCUT2D eigenvalue weighted by Gasteiger charge is -2.31. The molecule has 1 aliphatic carbocycles. The Morgan fingerprint density at radius 1 is 1.19 bits per heavy atom. The molecule has 1 amide bonds. The van der Waals surface area contributed by atoms with E-state index in [1.165, 1.54) is 31.7 Å². The molecule has 6 heteroatoms. The van der Waals surface area contributed by atoms with E-state index in [0.29, 0.717) is 12.5 Å². The Kier molecular flexibility index (Phi) is 8.82. The van der Waals surface area contributed by atoms with Gasteiger partial charge in [0.05, 0.1) is 0 Å². The highest BCUT2D eigenvalue weighted by Crippen LogP contribution is 2.24. The summed E-state index contributed by atoms with van der Waals surface area (Å²) in [6.45, 7) is 5.18. The summed E-state index contributed by atoms with van der Waals surface area (Å²) in [6, 6.07) is 7.47. The summed E-state index contributed by atoms with van der Waals surface area (Å²) in [4.78, 5) is 16.9. The van der Waals surface area contributed by atoms with Gasteiger partial charge in [-0.05, 0) is 37.0 Å². The minimum Gasteiger partial charge on any atom is -0.340 e. The Balaban J connectivity index is 0.00000243. The van der Waals surface area contributed by atoms with E-state index in [1.54, 1.807) is 12.1 Å². The van der Waals surface area contributed by atoms with Gasteiger partial charge in [-0.1, -0.05) is 25.0 Å². The number of benzene rings is 1. The van der Waals surface area contributed by atoms with Gasteiger partial charge in [0.2, 0.25) is 5.91 Å². The van der Waals surface area contributed by atoms with Gasteiger partial charge in [0.15, 0.2) is 0 Å². The Bertz CT molecular complexity index is 560. The number of amides is 1. The number of nitrogens with zero attached hydrogens (tertiary/aromatic N) is 2. The highest BCUT2D eigenvalue weighted by atomic mass is 35.5. The van der Waals surface area contributed by atoms with E-state index in [1.807, 2.05) is 11.0 Å². The molecule has 0 bridgehead atoms. The standard InChI is InChI=1S/C20H30FN3O.ClH/c21-18-5-3-4-17(16-18)8-12-23(19-6-1-2-7-19)13-9-20(25)24-14-10-22-11-15-24;/h3-5,16,19,22H,1-2,6-15H2;1H. The van der Waals surface area contributed by atoms with Gasteiger partial charge in [-0.15, -0.1) is 12.4 Å². The second kappa shape index (κ2) is 10.9. The summed E-state index contributed by atoms with van der Waals surface area (Å²) in [5.74, 6) is 0.106. The van der Waals surface area contributed by atoms with Gasteiger partial charge in [-0.3, -0.25) is 9.69 Å². The quantitative estimate of drug-likeness (QED) is 0.786. The summed E-state index contributed by atoms with van der Waals surface area (Å²) in [5, 5.41) is 3.29. The first-order valence-electron chi connectivity index (χ1n) is 9.69. The molecule has 0 atom stereocenters. The normalized spacial score (nSPS) is 18.2. The topological polar surface area (TPSA) is 35.6 Å². The average Bonchev–Trinajstić information content (AvgIpc) is 3.17. The molecular weight excluding hydrogens is 353 g/mol. The zero-order valence-electron chi connectivity index (χ0n) is 15.5. The summed E-state index contributed by atoms with van der Waals surface area (Å²) in [5.41, 5.74) is 1.04. The van der Waals surface area contributed by atoms with Crippen molar-refractivity contribution in [3.63, 3.8) is 0 Å². The van der Waals surface area contributed by atoms with Gasteiger partial charge in [0.1, 0.15) is 5.82 Å². The molecule has 0 aromatic heterocycles. The lowest BCUT2D eigenvalue weighted by Crippen LogP contribution is -2.47. The maximum Gasteiger partial charge on any atom is 0.223 e. The molecule has 1 saturated carbocycles. The zero-order chi connectivity index (χ0) is 17.5. The number of rotatable bonds is 7. The van der Waals surface area contributed by atoms with Crippen molar-refractivity contribution in [2.24, 2.45) is 0 Å². The van der Waals surface area contributed by atoms with Crippen LogP contribution in [0, 0.1) is 5.82 Å². The van der Waals surface area contributed by atoms with Gasteiger partial charge in [0.25, 0.3) is 0 Å². The average molecular weight is 384 g/mol. The van der Waals surface area contributed by atoms with Crippen molar-refractivity contribution in [2.75, 3.05) is 39.3 Å². The Hall–Kier alpha value is -1.17. The van der Waals surface area contributed by atoms with Crippen molar-refractivity contribution in [1.82, 2.24) is 15.1 Å². The van der Waals surface area contributed by atoms with Gasteiger partial charge in [-0.25, -0.2) is 4.39 Å². The van der Waals surface area contributed by atoms with Crippen LogP contribution in [0.4, 0.5) is 4.39 Å². The molecule has 2 fully saturated rings. The minimum absolute atomic E-state index is 0. The van der Waals surface area contributed by atoms with Gasteiger partial charge in [-0.2, -0.15) is 0 Å². The molecule has 146 valence electrons. The van der Waals surface area contributed by atoms with Crippen molar-refractivity contribution < 1.29 is 9.18 Å². The van der Waals surface area contributed by atoms with Crippen molar-refractivity contribution >= 4 is 18.3 Å². The smallest absolute Gasteiger partial charge is 0.223 e. The minimum atomic E-state index is -0.168. The lowest BCUT2D eigenvalue weighted by molar-refractivity contribution is -0.132. The highest BCUT2D eigenvalue weighted by molar-refractivity contribution is 5.85. The van der Waals surface area contributed by atoms with E-state index >= 15 is 0 Å². The van der Waals surface area contributed by atoms with Gasteiger partial charge >= 0.3 is 0 Å². The van der Waals surface area contributed by atoms with E-state index in [9.17, 15) is 9.18 Å². The van der Waals surface area contributed by atoms with Crippen LogP contribution >= 0.6 is 12.4 Å². The number of carbonyl (C=O) groups excluding carboxylic acids is 1. The maximum atomic E-state index is 13.4. The highest BCUT2D eigenvalue weighted by Gasteiger charge is 2.24. The maximum absolute atomic E-state index is 13.4. The fourth-order valence-electron chi connectivity index (χ4n) is 4.02. The first kappa shape index (κ1) is 21.1. The third-order valence-corrected chi connectivity index (χ3v) is 5.50. The Morgan fingerprint density at radius 2 is 1.92 bits per heavy atom. The van der Waals surface area contributed by atoms with Crippen LogP contribution in [0.5, 0.6) is 0 Å². The molecule has 1 aromatic carbocycles. The molecular formula is C20H31ClFN3O. The zero-order valence-corrected chi connectivity index (χ0v) is 16.3. The Labute approximate surface area is 162 Å². The van der Waals surface area contributed by atoms with E-state index in [2.05, 4.69) is 10.2 Å². The first-order chi connectivity index (χ1) is 12.2. The molecule has 2 aliphatic rings. The van der Waals surface area contributed by atoms with Crippen LogP contribution < -0.4 is 5.32 Å². The summed E-state index contributed by atoms with van der Waals surface area (Å²) >= 11 is 0. The predicted octanol–water partition coefficient (Wildman–Crippen LogP) is 2.86. The van der Waals surface area contributed by atoms with E-state index in [4.69, 9.17) is 0 Å². The SMILES string of the molecule is Cl.O=C(CCN(CCc1cccc(F)c1)C1CCCC1)N1CCNCC1. The number of piperazine rings is 1. The molecule has 0 spiro atoms. The molecule has 26 heavy (non-hydrogen) atoms. The summed E-state index contributed by atoms with van der Waals surface area (Å²) in [7, 11) is 0. The summed E-state index contributed by atoms with van der Waals surface area (Å²) < 4.78 is 13.4. The molecule has 3 rings (SSSR count). The summed E-state index contributed by atoms with van der Waals surface area (Å²) in [6.07, 6.45) is 6.46. The molecule has 1 aromatic rings. The second-order valence-electron chi connectivity index (χ2n) is 7.23. The van der Waals surface area contributed by atoms with E-state index in [-0.39, 0.29) is 24.1 Å². The van der Waals surface area contributed by atoms with Crippen LogP contribution in [0.25, 0.3) is 0 Å². The molecule has 0 unspecified atom stereocenters. The largest absolute Gasteiger partial charge is 0.340 e. The molecule has 4 nitrogen and oxygen atoms in total. The molecule has 1 N–H and O–H groups in total. The number of halogens is 2. The van der Waals surface area contributed by atoms with Gasteiger partial charge in [0, 0.05) is 51.7 Å². The van der Waals surface area contributed by atoms with Crippen LogP contribution in [-0.4, -0.2) is 61.0 Å². The Morgan fingerprint density at radius 3 is 2.62 bits per heavy atom. The molecule has 1 saturated heterocycles. The molecule has 0 radical (unpaired) electrons. The number of hydrogen-bond donors (Lipinski definition) is 1. The monoisotopic (exact) mass is 383 g/mol. The first-order valence-corrected chi connectivity index (χ1v) is 9.69. The number of carbonyl (C=O) groups is 1. The van der Waals surface area contributed by atoms with Crippen molar-refractivity contribution in [3.05, 3.63) is 35.6 Å². The third kappa shape index (κ3) is 6.22. The van der Waals surface area contributed by atoms with E-state index in [0.717, 1.165) is 51.3 Å². The number of nitrogens with one attached hydrogen (secondary N) is 1.